The highest BCUT2D eigenvalue weighted by molar-refractivity contribution is 7.92. The van der Waals surface area contributed by atoms with E-state index in [1.807, 2.05) is 6.92 Å². The average Bonchev–Trinajstić information content (AvgIpc) is 3.35. The first-order chi connectivity index (χ1) is 15.1. The molecule has 2 aromatic carbocycles. The number of sulfone groups is 1. The zero-order chi connectivity index (χ0) is 23.1. The van der Waals surface area contributed by atoms with E-state index in [9.17, 15) is 26.0 Å². The van der Waals surface area contributed by atoms with E-state index in [0.29, 0.717) is 28.7 Å². The molecule has 1 aliphatic carbocycles. The summed E-state index contributed by atoms with van der Waals surface area (Å²) in [6, 6.07) is 4.42. The van der Waals surface area contributed by atoms with Crippen molar-refractivity contribution in [2.24, 2.45) is 4.99 Å². The number of H-pyrrole nitrogens is 1. The molecule has 170 valence electrons. The van der Waals surface area contributed by atoms with Gasteiger partial charge in [-0.3, -0.25) is 10.1 Å². The quantitative estimate of drug-likeness (QED) is 0.391. The Balaban J connectivity index is 1.86. The lowest BCUT2D eigenvalue weighted by Crippen LogP contribution is -2.25. The van der Waals surface area contributed by atoms with Crippen LogP contribution in [0.1, 0.15) is 37.3 Å². The van der Waals surface area contributed by atoms with E-state index in [0.717, 1.165) is 25.0 Å². The van der Waals surface area contributed by atoms with Crippen molar-refractivity contribution in [1.82, 2.24) is 10.2 Å². The highest BCUT2D eigenvalue weighted by Crippen LogP contribution is 2.42. The van der Waals surface area contributed by atoms with Crippen LogP contribution in [0.4, 0.5) is 17.6 Å². The Labute approximate surface area is 181 Å². The van der Waals surface area contributed by atoms with Crippen LogP contribution in [-0.2, 0) is 16.3 Å². The molecule has 0 saturated carbocycles. The number of unbranched alkanes of at least 4 members (excludes halogenated alkanes) is 1. The van der Waals surface area contributed by atoms with Gasteiger partial charge in [0.1, 0.15) is 17.3 Å². The molecule has 1 aromatic heterocycles. The number of nitrogens with one attached hydrogen (secondary N) is 1. The summed E-state index contributed by atoms with van der Waals surface area (Å²) in [7, 11) is -5.60. The lowest BCUT2D eigenvalue weighted by atomic mass is 10.1. The summed E-state index contributed by atoms with van der Waals surface area (Å²) in [5.74, 6) is -0.333. The van der Waals surface area contributed by atoms with Crippen molar-refractivity contribution in [1.29, 1.82) is 0 Å². The molecule has 6 nitrogen and oxygen atoms in total. The predicted octanol–water partition coefficient (Wildman–Crippen LogP) is 5.32. The van der Waals surface area contributed by atoms with E-state index in [4.69, 9.17) is 4.74 Å². The third kappa shape index (κ3) is 3.85. The van der Waals surface area contributed by atoms with Crippen LogP contribution in [0.3, 0.4) is 0 Å². The molecule has 0 unspecified atom stereocenters. The van der Waals surface area contributed by atoms with E-state index in [1.54, 1.807) is 0 Å². The Morgan fingerprint density at radius 2 is 1.97 bits per heavy atom. The summed E-state index contributed by atoms with van der Waals surface area (Å²) >= 11 is 0. The van der Waals surface area contributed by atoms with Crippen molar-refractivity contribution in [2.75, 3.05) is 6.54 Å². The Hall–Kier alpha value is -2.95. The van der Waals surface area contributed by atoms with E-state index >= 15 is 0 Å². The first kappa shape index (κ1) is 22.3. The molecule has 3 aromatic rings. The Kier molecular flexibility index (Phi) is 5.70. The molecule has 4 rings (SSSR count). The highest BCUT2D eigenvalue weighted by Gasteiger charge is 2.49. The van der Waals surface area contributed by atoms with Crippen molar-refractivity contribution in [2.45, 2.75) is 43.0 Å². The van der Waals surface area contributed by atoms with Gasteiger partial charge in [-0.15, -0.1) is 0 Å². The van der Waals surface area contributed by atoms with Gasteiger partial charge in [-0.25, -0.2) is 12.8 Å². The molecule has 1 heterocycles. The number of alkyl halides is 3. The van der Waals surface area contributed by atoms with E-state index in [-0.39, 0.29) is 29.9 Å². The fraction of sp³-hybridized carbons (Fsp3) is 0.333. The number of fused-ring (bicyclic) bond motifs is 2. The second-order valence-electron chi connectivity index (χ2n) is 7.38. The molecule has 0 radical (unpaired) electrons. The second-order valence-corrected chi connectivity index (χ2v) is 9.29. The number of benzene rings is 2. The summed E-state index contributed by atoms with van der Waals surface area (Å²) in [4.78, 5) is 3.53. The van der Waals surface area contributed by atoms with Gasteiger partial charge in [0, 0.05) is 29.4 Å². The van der Waals surface area contributed by atoms with Gasteiger partial charge in [0.25, 0.3) is 9.84 Å². The monoisotopic (exact) mass is 469 g/mol. The van der Waals surface area contributed by atoms with Crippen LogP contribution < -0.4 is 4.74 Å². The van der Waals surface area contributed by atoms with Crippen LogP contribution >= 0.6 is 0 Å². The van der Waals surface area contributed by atoms with Gasteiger partial charge in [0.2, 0.25) is 0 Å². The molecular formula is C21H19F4N3O3S. The SMILES string of the molecule is CCCCN=C1CCc2c(Oc3cc(F)cc4[nH]ncc34)ccc(S(=O)(=O)C(F)(F)F)c21. The van der Waals surface area contributed by atoms with Gasteiger partial charge in [0.05, 0.1) is 22.0 Å². The number of aromatic nitrogens is 2. The van der Waals surface area contributed by atoms with Crippen LogP contribution in [0.25, 0.3) is 10.9 Å². The predicted molar refractivity (Wildman–Crippen MR) is 110 cm³/mol. The smallest absolute Gasteiger partial charge is 0.456 e. The van der Waals surface area contributed by atoms with E-state index in [1.165, 1.54) is 18.3 Å². The maximum Gasteiger partial charge on any atom is 0.501 e. The van der Waals surface area contributed by atoms with Gasteiger partial charge >= 0.3 is 5.51 Å². The van der Waals surface area contributed by atoms with Gasteiger partial charge in [-0.05, 0) is 37.5 Å². The molecule has 0 spiro atoms. The van der Waals surface area contributed by atoms with Crippen molar-refractivity contribution in [3.8, 4) is 11.5 Å². The zero-order valence-corrected chi connectivity index (χ0v) is 17.8. The van der Waals surface area contributed by atoms with E-state index < -0.39 is 26.1 Å². The number of halogens is 4. The number of aliphatic imine (C=N–C) groups is 1. The number of hydrogen-bond acceptors (Lipinski definition) is 5. The van der Waals surface area contributed by atoms with Crippen molar-refractivity contribution >= 4 is 26.5 Å². The summed E-state index contributed by atoms with van der Waals surface area (Å²) in [5, 5.41) is 6.95. The van der Waals surface area contributed by atoms with Gasteiger partial charge in [-0.1, -0.05) is 13.3 Å². The van der Waals surface area contributed by atoms with Crippen LogP contribution in [0.2, 0.25) is 0 Å². The number of rotatable bonds is 6. The van der Waals surface area contributed by atoms with Crippen LogP contribution in [-0.4, -0.2) is 36.4 Å². The first-order valence-electron chi connectivity index (χ1n) is 9.95. The molecular weight excluding hydrogens is 450 g/mol. The Morgan fingerprint density at radius 1 is 1.19 bits per heavy atom. The molecule has 1 N–H and O–H groups in total. The zero-order valence-electron chi connectivity index (χ0n) is 17.0. The van der Waals surface area contributed by atoms with Crippen LogP contribution in [0, 0.1) is 5.82 Å². The number of hydrogen-bond donors (Lipinski definition) is 1. The molecule has 0 saturated heterocycles. The highest BCUT2D eigenvalue weighted by atomic mass is 32.2. The molecule has 0 atom stereocenters. The van der Waals surface area contributed by atoms with Crippen LogP contribution in [0.5, 0.6) is 11.5 Å². The molecule has 1 aliphatic rings. The fourth-order valence-electron chi connectivity index (χ4n) is 3.70. The lowest BCUT2D eigenvalue weighted by molar-refractivity contribution is -0.0436. The Bertz CT molecular complexity index is 1310. The molecule has 0 amide bonds. The van der Waals surface area contributed by atoms with Crippen LogP contribution in [0.15, 0.2) is 40.4 Å². The van der Waals surface area contributed by atoms with Crippen molar-refractivity contribution < 1.29 is 30.7 Å². The molecule has 0 fully saturated rings. The van der Waals surface area contributed by atoms with Gasteiger partial charge in [-0.2, -0.15) is 18.3 Å². The van der Waals surface area contributed by atoms with Crippen molar-refractivity contribution in [3.05, 3.63) is 47.4 Å². The summed E-state index contributed by atoms with van der Waals surface area (Å²) in [6.07, 6.45) is 3.52. The number of aromatic amines is 1. The topological polar surface area (TPSA) is 84.4 Å². The maximum atomic E-state index is 14.0. The molecule has 0 aliphatic heterocycles. The maximum absolute atomic E-state index is 14.0. The minimum atomic E-state index is -5.60. The number of ether oxygens (including phenoxy) is 1. The second kappa shape index (κ2) is 8.19. The molecule has 32 heavy (non-hydrogen) atoms. The summed E-state index contributed by atoms with van der Waals surface area (Å²) < 4.78 is 84.4. The van der Waals surface area contributed by atoms with Gasteiger partial charge in [0.15, 0.2) is 0 Å². The van der Waals surface area contributed by atoms with E-state index in [2.05, 4.69) is 15.2 Å². The summed E-state index contributed by atoms with van der Waals surface area (Å²) in [5.41, 5.74) is -4.54. The lowest BCUT2D eigenvalue weighted by Gasteiger charge is -2.16. The average molecular weight is 469 g/mol. The molecule has 11 heteroatoms. The van der Waals surface area contributed by atoms with Gasteiger partial charge < -0.3 is 4.74 Å². The third-order valence-corrected chi connectivity index (χ3v) is 6.77. The third-order valence-electron chi connectivity index (χ3n) is 5.25. The largest absolute Gasteiger partial charge is 0.501 e. The first-order valence-corrected chi connectivity index (χ1v) is 11.4. The van der Waals surface area contributed by atoms with Crippen molar-refractivity contribution in [3.63, 3.8) is 0 Å². The standard InChI is InChI=1S/C21H19F4N3O3S/c1-2-3-8-26-15-5-4-13-17(6-7-19(20(13)15)32(29,30)21(23,24)25)31-18-10-12(22)9-16-14(18)11-27-28-16/h6-7,9-11H,2-5,8H2,1H3,(H,27,28). The number of nitrogens with zero attached hydrogens (tertiary/aromatic N) is 2. The summed E-state index contributed by atoms with van der Waals surface area (Å²) in [6.45, 7) is 2.32. The normalized spacial score (nSPS) is 15.5. The Morgan fingerprint density at radius 3 is 2.69 bits per heavy atom. The fourth-order valence-corrected chi connectivity index (χ4v) is 4.71. The molecule has 0 bridgehead atoms. The minimum Gasteiger partial charge on any atom is -0.456 e. The minimum absolute atomic E-state index is 0.0734.